The Kier molecular flexibility index (Phi) is 6.90. The third-order valence-corrected chi connectivity index (χ3v) is 4.99. The topological polar surface area (TPSA) is 72.0 Å². The number of methoxy groups -OCH3 is 1. The summed E-state index contributed by atoms with van der Waals surface area (Å²) in [6.07, 6.45) is 0.625. The summed E-state index contributed by atoms with van der Waals surface area (Å²) in [4.78, 5) is 32.4. The summed E-state index contributed by atoms with van der Waals surface area (Å²) in [5.41, 5.74) is 2.84. The summed E-state index contributed by atoms with van der Waals surface area (Å²) < 4.78 is 10.1. The summed E-state index contributed by atoms with van der Waals surface area (Å²) >= 11 is 0. The first-order valence-electron chi connectivity index (χ1n) is 10.1. The van der Waals surface area contributed by atoms with Crippen molar-refractivity contribution in [3.63, 3.8) is 0 Å². The van der Waals surface area contributed by atoms with Crippen LogP contribution in [0.2, 0.25) is 0 Å². The molecule has 1 aliphatic rings. The molecule has 29 heavy (non-hydrogen) atoms. The maximum Gasteiger partial charge on any atom is 0.409 e. The van der Waals surface area contributed by atoms with Gasteiger partial charge in [0.25, 0.3) is 0 Å². The molecule has 7 heteroatoms. The van der Waals surface area contributed by atoms with Crippen LogP contribution in [-0.2, 0) is 20.7 Å². The molecule has 1 saturated heterocycles. The SMILES string of the molecule is COC(=O)CCc1ccc2cccc(N3CCN(C(=O)OCC(C)C)CC3)c2n1. The standard InChI is InChI=1S/C22H29N3O4/c1-16(2)15-29-22(27)25-13-11-24(12-14-25)19-6-4-5-17-7-8-18(23-21(17)19)9-10-20(26)28-3/h4-8,16H,9-15H2,1-3H3. The van der Waals surface area contributed by atoms with Gasteiger partial charge in [-0.2, -0.15) is 0 Å². The van der Waals surface area contributed by atoms with Crippen molar-refractivity contribution in [2.45, 2.75) is 26.7 Å². The van der Waals surface area contributed by atoms with Gasteiger partial charge in [0, 0.05) is 43.7 Å². The number of ether oxygens (including phenoxy) is 2. The molecule has 1 aromatic heterocycles. The molecule has 1 fully saturated rings. The number of anilines is 1. The van der Waals surface area contributed by atoms with Crippen LogP contribution in [0.5, 0.6) is 0 Å². The van der Waals surface area contributed by atoms with Crippen molar-refractivity contribution in [3.05, 3.63) is 36.0 Å². The fraction of sp³-hybridized carbons (Fsp3) is 0.500. The number of esters is 1. The third-order valence-electron chi connectivity index (χ3n) is 4.99. The quantitative estimate of drug-likeness (QED) is 0.695. The fourth-order valence-electron chi connectivity index (χ4n) is 3.36. The monoisotopic (exact) mass is 399 g/mol. The second-order valence-corrected chi connectivity index (χ2v) is 7.67. The number of benzene rings is 1. The van der Waals surface area contributed by atoms with Crippen molar-refractivity contribution in [1.82, 2.24) is 9.88 Å². The Morgan fingerprint density at radius 3 is 2.55 bits per heavy atom. The minimum Gasteiger partial charge on any atom is -0.469 e. The van der Waals surface area contributed by atoms with Gasteiger partial charge in [-0.25, -0.2) is 4.79 Å². The van der Waals surface area contributed by atoms with E-state index in [4.69, 9.17) is 14.5 Å². The van der Waals surface area contributed by atoms with E-state index >= 15 is 0 Å². The number of rotatable bonds is 6. The first-order chi connectivity index (χ1) is 14.0. The summed E-state index contributed by atoms with van der Waals surface area (Å²) in [7, 11) is 1.40. The van der Waals surface area contributed by atoms with Crippen molar-refractivity contribution in [2.75, 3.05) is 44.8 Å². The Labute approximate surface area is 171 Å². The van der Waals surface area contributed by atoms with E-state index in [2.05, 4.69) is 11.0 Å². The first kappa shape index (κ1) is 20.9. The third kappa shape index (κ3) is 5.37. The van der Waals surface area contributed by atoms with E-state index in [1.54, 1.807) is 4.90 Å². The van der Waals surface area contributed by atoms with Gasteiger partial charge in [-0.1, -0.05) is 32.0 Å². The highest BCUT2D eigenvalue weighted by Gasteiger charge is 2.23. The number of aromatic nitrogens is 1. The van der Waals surface area contributed by atoms with Crippen LogP contribution >= 0.6 is 0 Å². The predicted molar refractivity (Wildman–Crippen MR) is 112 cm³/mol. The molecular weight excluding hydrogens is 370 g/mol. The number of carbonyl (C=O) groups excluding carboxylic acids is 2. The molecule has 0 atom stereocenters. The lowest BCUT2D eigenvalue weighted by atomic mass is 10.1. The van der Waals surface area contributed by atoms with E-state index in [1.165, 1.54) is 7.11 Å². The number of nitrogens with zero attached hydrogens (tertiary/aromatic N) is 3. The minimum absolute atomic E-state index is 0.236. The molecule has 7 nitrogen and oxygen atoms in total. The van der Waals surface area contributed by atoms with Crippen molar-refractivity contribution in [2.24, 2.45) is 5.92 Å². The van der Waals surface area contributed by atoms with Gasteiger partial charge in [-0.15, -0.1) is 0 Å². The molecule has 2 heterocycles. The molecule has 1 aliphatic heterocycles. The maximum atomic E-state index is 12.2. The highest BCUT2D eigenvalue weighted by atomic mass is 16.6. The van der Waals surface area contributed by atoms with Gasteiger partial charge >= 0.3 is 12.1 Å². The number of fused-ring (bicyclic) bond motifs is 1. The lowest BCUT2D eigenvalue weighted by Gasteiger charge is -2.35. The van der Waals surface area contributed by atoms with Crippen LogP contribution < -0.4 is 4.90 Å². The molecule has 1 amide bonds. The number of aryl methyl sites for hydroxylation is 1. The number of pyridine rings is 1. The predicted octanol–water partition coefficient (Wildman–Crippen LogP) is 3.26. The molecule has 0 unspecified atom stereocenters. The van der Waals surface area contributed by atoms with Gasteiger partial charge < -0.3 is 19.3 Å². The van der Waals surface area contributed by atoms with E-state index in [-0.39, 0.29) is 12.1 Å². The van der Waals surface area contributed by atoms with Gasteiger partial charge in [0.15, 0.2) is 0 Å². The smallest absolute Gasteiger partial charge is 0.409 e. The van der Waals surface area contributed by atoms with Crippen molar-refractivity contribution < 1.29 is 19.1 Å². The van der Waals surface area contributed by atoms with Crippen LogP contribution in [0.1, 0.15) is 26.0 Å². The lowest BCUT2D eigenvalue weighted by Crippen LogP contribution is -2.49. The molecule has 0 N–H and O–H groups in total. The Hall–Kier alpha value is -2.83. The normalized spacial score (nSPS) is 14.3. The molecular formula is C22H29N3O4. The number of amides is 1. The number of para-hydroxylation sites is 1. The highest BCUT2D eigenvalue weighted by Crippen LogP contribution is 2.27. The van der Waals surface area contributed by atoms with Crippen LogP contribution in [0.15, 0.2) is 30.3 Å². The minimum atomic E-state index is -0.237. The van der Waals surface area contributed by atoms with E-state index in [9.17, 15) is 9.59 Å². The molecule has 1 aromatic carbocycles. The molecule has 0 radical (unpaired) electrons. The molecule has 0 aliphatic carbocycles. The van der Waals surface area contributed by atoms with Crippen LogP contribution in [0.3, 0.4) is 0 Å². The molecule has 3 rings (SSSR count). The highest BCUT2D eigenvalue weighted by molar-refractivity contribution is 5.91. The Balaban J connectivity index is 1.69. The number of hydrogen-bond acceptors (Lipinski definition) is 6. The van der Waals surface area contributed by atoms with Gasteiger partial charge in [-0.3, -0.25) is 9.78 Å². The van der Waals surface area contributed by atoms with E-state index < -0.39 is 0 Å². The molecule has 0 spiro atoms. The average molecular weight is 399 g/mol. The van der Waals surface area contributed by atoms with Crippen LogP contribution in [0.25, 0.3) is 10.9 Å². The summed E-state index contributed by atoms with van der Waals surface area (Å²) in [5.74, 6) is 0.0935. The van der Waals surface area contributed by atoms with E-state index in [1.807, 2.05) is 38.1 Å². The van der Waals surface area contributed by atoms with Crippen LogP contribution in [0, 0.1) is 5.92 Å². The number of carbonyl (C=O) groups is 2. The molecule has 0 saturated carbocycles. The lowest BCUT2D eigenvalue weighted by molar-refractivity contribution is -0.140. The van der Waals surface area contributed by atoms with Gasteiger partial charge in [0.2, 0.25) is 0 Å². The van der Waals surface area contributed by atoms with Gasteiger partial charge in [0.05, 0.1) is 31.3 Å². The summed E-state index contributed by atoms with van der Waals surface area (Å²) in [5, 5.41) is 1.06. The second kappa shape index (κ2) is 9.58. The summed E-state index contributed by atoms with van der Waals surface area (Å²) in [6.45, 7) is 7.19. The maximum absolute atomic E-state index is 12.2. The number of piperazine rings is 1. The first-order valence-corrected chi connectivity index (χ1v) is 10.1. The molecule has 156 valence electrons. The zero-order valence-corrected chi connectivity index (χ0v) is 17.4. The molecule has 2 aromatic rings. The zero-order valence-electron chi connectivity index (χ0n) is 17.4. The zero-order chi connectivity index (χ0) is 20.8. The van der Waals surface area contributed by atoms with Crippen molar-refractivity contribution in [1.29, 1.82) is 0 Å². The summed E-state index contributed by atoms with van der Waals surface area (Å²) in [6, 6.07) is 10.1. The average Bonchev–Trinajstić information content (AvgIpc) is 2.75. The Bertz CT molecular complexity index is 860. The largest absolute Gasteiger partial charge is 0.469 e. The Morgan fingerprint density at radius 2 is 1.86 bits per heavy atom. The van der Waals surface area contributed by atoms with Gasteiger partial charge in [-0.05, 0) is 18.1 Å². The van der Waals surface area contributed by atoms with Crippen molar-refractivity contribution in [3.8, 4) is 0 Å². The fourth-order valence-corrected chi connectivity index (χ4v) is 3.36. The number of hydrogen-bond donors (Lipinski definition) is 0. The van der Waals surface area contributed by atoms with Gasteiger partial charge in [0.1, 0.15) is 0 Å². The van der Waals surface area contributed by atoms with E-state index in [0.717, 1.165) is 35.4 Å². The van der Waals surface area contributed by atoms with Crippen LogP contribution in [0.4, 0.5) is 10.5 Å². The Morgan fingerprint density at radius 1 is 1.10 bits per heavy atom. The van der Waals surface area contributed by atoms with Crippen LogP contribution in [-0.4, -0.2) is 61.8 Å². The van der Waals surface area contributed by atoms with Crippen molar-refractivity contribution >= 4 is 28.7 Å². The second-order valence-electron chi connectivity index (χ2n) is 7.67. The molecule has 0 bridgehead atoms. The van der Waals surface area contributed by atoms with E-state index in [0.29, 0.717) is 38.5 Å².